The maximum Gasteiger partial charge on any atom is -0.0191 e. The van der Waals surface area contributed by atoms with E-state index in [2.05, 4.69) is 49.9 Å². The normalized spacial score (nSPS) is 18.4. The molecule has 2 aromatic rings. The summed E-state index contributed by atoms with van der Waals surface area (Å²) in [6.45, 7) is 5.90. The van der Waals surface area contributed by atoms with Gasteiger partial charge in [0.05, 0.1) is 0 Å². The van der Waals surface area contributed by atoms with Crippen molar-refractivity contribution in [3.8, 4) is 0 Å². The number of allylic oxidation sites excluding steroid dienone is 1. The van der Waals surface area contributed by atoms with E-state index in [1.807, 2.05) is 36.4 Å². The third-order valence-electron chi connectivity index (χ3n) is 3.20. The molecule has 0 N–H and O–H groups in total. The molecule has 0 bridgehead atoms. The molecule has 1 aliphatic carbocycles. The van der Waals surface area contributed by atoms with Crippen LogP contribution in [0.1, 0.15) is 24.5 Å². The number of hydrogen-bond donors (Lipinski definition) is 0. The predicted molar refractivity (Wildman–Crippen MR) is 84.7 cm³/mol. The Hall–Kier alpha value is -2.08. The molecular weight excluding hydrogens is 228 g/mol. The van der Waals surface area contributed by atoms with Crippen molar-refractivity contribution >= 4 is 12.2 Å². The first-order chi connectivity index (χ1) is 9.29. The number of hydrogen-bond acceptors (Lipinski definition) is 0. The second kappa shape index (κ2) is 6.75. The van der Waals surface area contributed by atoms with Crippen LogP contribution < -0.4 is 0 Å². The molecule has 0 spiro atoms. The van der Waals surface area contributed by atoms with Crippen LogP contribution in [0.15, 0.2) is 72.8 Å². The van der Waals surface area contributed by atoms with Gasteiger partial charge in [-0.2, -0.15) is 0 Å². The molecule has 0 radical (unpaired) electrons. The molecule has 0 saturated heterocycles. The van der Waals surface area contributed by atoms with Crippen LogP contribution in [0.2, 0.25) is 0 Å². The molecule has 1 fully saturated rings. The average Bonchev–Trinajstić information content (AvgIpc) is 3.17. The summed E-state index contributed by atoms with van der Waals surface area (Å²) in [4.78, 5) is 0. The van der Waals surface area contributed by atoms with Crippen molar-refractivity contribution in [2.45, 2.75) is 13.3 Å². The van der Waals surface area contributed by atoms with Gasteiger partial charge in [-0.1, -0.05) is 91.9 Å². The average molecular weight is 248 g/mol. The molecule has 2 aromatic carbocycles. The summed E-state index contributed by atoms with van der Waals surface area (Å²) in [5.74, 6) is 0.843. The smallest absolute Gasteiger partial charge is 0.0191 e. The van der Waals surface area contributed by atoms with Crippen molar-refractivity contribution in [2.75, 3.05) is 0 Å². The zero-order valence-corrected chi connectivity index (χ0v) is 11.4. The Morgan fingerprint density at radius 3 is 1.74 bits per heavy atom. The first-order valence-corrected chi connectivity index (χ1v) is 6.72. The van der Waals surface area contributed by atoms with Gasteiger partial charge in [0.2, 0.25) is 0 Å². The van der Waals surface area contributed by atoms with E-state index in [1.54, 1.807) is 5.57 Å². The van der Waals surface area contributed by atoms with Gasteiger partial charge < -0.3 is 0 Å². The minimum absolute atomic E-state index is 0.843. The summed E-state index contributed by atoms with van der Waals surface area (Å²) in [5.41, 5.74) is 4.11. The standard InChI is InChI=1S/C11H12.C8H8/c1-9-7-11(9)8-10-5-3-2-4-6-10;1-2-8-6-4-3-5-7-8/h2-6,8-9H,7H2,1H3;2-7H,1H2/b11-8+;. The minimum Gasteiger partial charge on any atom is -0.0985 e. The highest BCUT2D eigenvalue weighted by Crippen LogP contribution is 2.38. The third-order valence-corrected chi connectivity index (χ3v) is 3.20. The summed E-state index contributed by atoms with van der Waals surface area (Å²) in [6.07, 6.45) is 5.43. The molecule has 1 saturated carbocycles. The van der Waals surface area contributed by atoms with E-state index in [0.29, 0.717) is 0 Å². The fourth-order valence-electron chi connectivity index (χ4n) is 1.85. The highest BCUT2D eigenvalue weighted by molar-refractivity contribution is 5.57. The van der Waals surface area contributed by atoms with Crippen molar-refractivity contribution in [1.82, 2.24) is 0 Å². The van der Waals surface area contributed by atoms with Crippen LogP contribution in [-0.4, -0.2) is 0 Å². The van der Waals surface area contributed by atoms with Crippen LogP contribution in [0.4, 0.5) is 0 Å². The van der Waals surface area contributed by atoms with Crippen LogP contribution in [0.5, 0.6) is 0 Å². The van der Waals surface area contributed by atoms with Crippen molar-refractivity contribution in [1.29, 1.82) is 0 Å². The van der Waals surface area contributed by atoms with Crippen LogP contribution in [0.25, 0.3) is 12.2 Å². The topological polar surface area (TPSA) is 0 Å². The van der Waals surface area contributed by atoms with Gasteiger partial charge in [-0.25, -0.2) is 0 Å². The molecule has 0 heteroatoms. The van der Waals surface area contributed by atoms with E-state index >= 15 is 0 Å². The quantitative estimate of drug-likeness (QED) is 0.664. The van der Waals surface area contributed by atoms with Crippen LogP contribution in [0, 0.1) is 5.92 Å². The second-order valence-corrected chi connectivity index (χ2v) is 4.85. The van der Waals surface area contributed by atoms with Crippen molar-refractivity contribution < 1.29 is 0 Å². The molecule has 0 nitrogen and oxygen atoms in total. The molecule has 0 aliphatic heterocycles. The minimum atomic E-state index is 0.843. The SMILES string of the molecule is C=Cc1ccccc1.CC1C/C1=C\c1ccccc1. The Morgan fingerprint density at radius 1 is 0.895 bits per heavy atom. The molecule has 96 valence electrons. The number of rotatable bonds is 2. The highest BCUT2D eigenvalue weighted by Gasteiger charge is 2.23. The molecule has 0 aromatic heterocycles. The van der Waals surface area contributed by atoms with E-state index in [1.165, 1.54) is 17.5 Å². The fourth-order valence-corrected chi connectivity index (χ4v) is 1.85. The lowest BCUT2D eigenvalue weighted by Gasteiger charge is -1.88. The van der Waals surface area contributed by atoms with Crippen LogP contribution in [-0.2, 0) is 0 Å². The molecule has 3 rings (SSSR count). The summed E-state index contributed by atoms with van der Waals surface area (Å²) in [6, 6.07) is 20.5. The maximum absolute atomic E-state index is 3.63. The summed E-state index contributed by atoms with van der Waals surface area (Å²) >= 11 is 0. The third kappa shape index (κ3) is 4.59. The van der Waals surface area contributed by atoms with Gasteiger partial charge in [0.15, 0.2) is 0 Å². The Labute approximate surface area is 116 Å². The summed E-state index contributed by atoms with van der Waals surface area (Å²) < 4.78 is 0. The molecule has 0 heterocycles. The molecule has 0 amide bonds. The van der Waals surface area contributed by atoms with Crippen molar-refractivity contribution in [3.05, 3.63) is 83.9 Å². The second-order valence-electron chi connectivity index (χ2n) is 4.85. The first kappa shape index (κ1) is 13.4. The van der Waals surface area contributed by atoms with E-state index in [4.69, 9.17) is 0 Å². The van der Waals surface area contributed by atoms with Gasteiger partial charge in [-0.15, -0.1) is 0 Å². The lowest BCUT2D eigenvalue weighted by Crippen LogP contribution is -1.67. The van der Waals surface area contributed by atoms with Gasteiger partial charge in [0.1, 0.15) is 0 Å². The molecule has 1 unspecified atom stereocenters. The van der Waals surface area contributed by atoms with Crippen LogP contribution >= 0.6 is 0 Å². The van der Waals surface area contributed by atoms with E-state index in [-0.39, 0.29) is 0 Å². The fraction of sp³-hybridized carbons (Fsp3) is 0.158. The zero-order valence-electron chi connectivity index (χ0n) is 11.4. The first-order valence-electron chi connectivity index (χ1n) is 6.72. The summed E-state index contributed by atoms with van der Waals surface area (Å²) in [5, 5.41) is 0. The zero-order chi connectivity index (χ0) is 13.5. The van der Waals surface area contributed by atoms with Gasteiger partial charge >= 0.3 is 0 Å². The summed E-state index contributed by atoms with van der Waals surface area (Å²) in [7, 11) is 0. The van der Waals surface area contributed by atoms with Crippen LogP contribution in [0.3, 0.4) is 0 Å². The Morgan fingerprint density at radius 2 is 1.37 bits per heavy atom. The van der Waals surface area contributed by atoms with E-state index < -0.39 is 0 Å². The largest absolute Gasteiger partial charge is 0.0985 e. The number of benzene rings is 2. The highest BCUT2D eigenvalue weighted by atomic mass is 14.3. The van der Waals surface area contributed by atoms with Gasteiger partial charge in [-0.05, 0) is 23.5 Å². The monoisotopic (exact) mass is 248 g/mol. The van der Waals surface area contributed by atoms with Crippen molar-refractivity contribution in [2.24, 2.45) is 5.92 Å². The van der Waals surface area contributed by atoms with Gasteiger partial charge in [0.25, 0.3) is 0 Å². The maximum atomic E-state index is 3.63. The van der Waals surface area contributed by atoms with Crippen molar-refractivity contribution in [3.63, 3.8) is 0 Å². The lowest BCUT2D eigenvalue weighted by atomic mass is 10.2. The molecule has 1 atom stereocenters. The predicted octanol–water partition coefficient (Wildman–Crippen LogP) is 5.44. The van der Waals surface area contributed by atoms with E-state index in [0.717, 1.165) is 5.92 Å². The molecule has 19 heavy (non-hydrogen) atoms. The van der Waals surface area contributed by atoms with Gasteiger partial charge in [-0.3, -0.25) is 0 Å². The molecular formula is C19H20. The van der Waals surface area contributed by atoms with E-state index in [9.17, 15) is 0 Å². The Balaban J connectivity index is 0.000000148. The van der Waals surface area contributed by atoms with Gasteiger partial charge in [0, 0.05) is 0 Å². The Kier molecular flexibility index (Phi) is 4.74. The Bertz CT molecular complexity index is 535. The lowest BCUT2D eigenvalue weighted by molar-refractivity contribution is 1.02. The molecule has 1 aliphatic rings.